The lowest BCUT2D eigenvalue weighted by Gasteiger charge is -2.35. The van der Waals surface area contributed by atoms with E-state index in [1.54, 1.807) is 0 Å². The summed E-state index contributed by atoms with van der Waals surface area (Å²) >= 11 is 0. The van der Waals surface area contributed by atoms with Crippen LogP contribution in [0.5, 0.6) is 0 Å². The molecule has 0 aromatic carbocycles. The third-order valence-corrected chi connectivity index (χ3v) is 7.37. The molecule has 1 unspecified atom stereocenters. The maximum atomic E-state index is 12.6. The minimum absolute atomic E-state index is 0.0490. The zero-order valence-electron chi connectivity index (χ0n) is 9.63. The van der Waals surface area contributed by atoms with E-state index in [4.69, 9.17) is 4.74 Å². The van der Waals surface area contributed by atoms with Crippen molar-refractivity contribution in [1.82, 2.24) is 0 Å². The van der Waals surface area contributed by atoms with Crippen molar-refractivity contribution in [2.45, 2.75) is 48.2 Å². The number of hydrogen-bond acceptors (Lipinski definition) is 3. The van der Waals surface area contributed by atoms with Crippen molar-refractivity contribution in [3.63, 3.8) is 0 Å². The van der Waals surface area contributed by atoms with Crippen molar-refractivity contribution in [3.05, 3.63) is 12.2 Å². The third kappa shape index (κ3) is 1.04. The zero-order chi connectivity index (χ0) is 11.6. The largest absolute Gasteiger partial charge is 0.461 e. The summed E-state index contributed by atoms with van der Waals surface area (Å²) < 4.78 is 17.5. The molecule has 4 rings (SSSR count). The van der Waals surface area contributed by atoms with Crippen LogP contribution >= 0.6 is 0 Å². The van der Waals surface area contributed by atoms with E-state index < -0.39 is 15.5 Å². The van der Waals surface area contributed by atoms with Gasteiger partial charge in [-0.15, -0.1) is 0 Å². The van der Waals surface area contributed by atoms with Crippen molar-refractivity contribution < 1.29 is 13.7 Å². The number of hydrogen-bond donors (Lipinski definition) is 0. The molecule has 17 heavy (non-hydrogen) atoms. The summed E-state index contributed by atoms with van der Waals surface area (Å²) in [6, 6.07) is 0. The fourth-order valence-corrected chi connectivity index (χ4v) is 6.68. The van der Waals surface area contributed by atoms with Gasteiger partial charge in [-0.25, -0.2) is 0 Å². The highest BCUT2D eigenvalue weighted by molar-refractivity contribution is 7.88. The van der Waals surface area contributed by atoms with E-state index in [9.17, 15) is 9.00 Å². The first-order valence-electron chi connectivity index (χ1n) is 6.54. The molecule has 4 heteroatoms. The van der Waals surface area contributed by atoms with Crippen molar-refractivity contribution in [1.29, 1.82) is 0 Å². The predicted molar refractivity (Wildman–Crippen MR) is 63.7 cm³/mol. The lowest BCUT2D eigenvalue weighted by molar-refractivity contribution is -0.144. The van der Waals surface area contributed by atoms with Crippen LogP contribution in [-0.4, -0.2) is 26.3 Å². The maximum absolute atomic E-state index is 12.6. The fraction of sp³-hybridized carbons (Fsp3) is 0.769. The van der Waals surface area contributed by atoms with Gasteiger partial charge in [0.1, 0.15) is 6.10 Å². The normalized spacial score (nSPS) is 55.3. The molecule has 2 saturated heterocycles. The van der Waals surface area contributed by atoms with Crippen LogP contribution in [0.1, 0.15) is 32.1 Å². The number of fused-ring (bicyclic) bond motifs is 5. The van der Waals surface area contributed by atoms with Crippen LogP contribution in [-0.2, 0) is 20.3 Å². The molecule has 0 aromatic rings. The topological polar surface area (TPSA) is 43.4 Å². The molecule has 2 heterocycles. The lowest BCUT2D eigenvalue weighted by atomic mass is 9.74. The first-order valence-corrected chi connectivity index (χ1v) is 7.76. The van der Waals surface area contributed by atoms with Gasteiger partial charge in [0.15, 0.2) is 4.75 Å². The molecule has 3 fully saturated rings. The smallest absolute Gasteiger partial charge is 0.326 e. The lowest BCUT2D eigenvalue weighted by Crippen LogP contribution is -2.50. The van der Waals surface area contributed by atoms with E-state index in [1.165, 1.54) is 0 Å². The molecule has 0 aromatic heterocycles. The van der Waals surface area contributed by atoms with E-state index in [2.05, 4.69) is 6.08 Å². The Morgan fingerprint density at radius 2 is 2.12 bits per heavy atom. The standard InChI is InChI=1S/C13H16O3S/c14-12-13(8-5-6-9(7-8)17(13)15)10-3-1-2-4-11(10)16-12/h5-6,8-11H,1-4,7H2/t8-,9+,10-,11-,13+,17?/m0/s1. The molecule has 0 amide bonds. The van der Waals surface area contributed by atoms with Gasteiger partial charge >= 0.3 is 5.97 Å². The van der Waals surface area contributed by atoms with E-state index in [1.807, 2.05) is 6.08 Å². The number of esters is 1. The molecular formula is C13H16O3S. The highest BCUT2D eigenvalue weighted by atomic mass is 32.2. The second kappa shape index (κ2) is 3.22. The quantitative estimate of drug-likeness (QED) is 0.485. The van der Waals surface area contributed by atoms with Gasteiger partial charge in [0.25, 0.3) is 0 Å². The van der Waals surface area contributed by atoms with E-state index in [0.717, 1.165) is 32.1 Å². The molecule has 2 aliphatic carbocycles. The summed E-state index contributed by atoms with van der Waals surface area (Å²) in [6.07, 6.45) is 9.37. The van der Waals surface area contributed by atoms with Gasteiger partial charge in [-0.05, 0) is 25.7 Å². The molecule has 2 aliphatic heterocycles. The van der Waals surface area contributed by atoms with Crippen LogP contribution in [0, 0.1) is 11.8 Å². The molecule has 92 valence electrons. The Labute approximate surface area is 103 Å². The number of allylic oxidation sites excluding steroid dienone is 1. The number of rotatable bonds is 0. The van der Waals surface area contributed by atoms with Gasteiger partial charge in [0.05, 0.1) is 5.25 Å². The minimum Gasteiger partial charge on any atom is -0.461 e. The zero-order valence-corrected chi connectivity index (χ0v) is 10.4. The van der Waals surface area contributed by atoms with Gasteiger partial charge in [-0.1, -0.05) is 18.6 Å². The highest BCUT2D eigenvalue weighted by Gasteiger charge is 2.69. The SMILES string of the molecule is O=C1O[C@H]2CCCC[C@@H]2[C@]12[C@H]1C=C[C@H](C1)S2=O. The van der Waals surface area contributed by atoms with Gasteiger partial charge in [0.2, 0.25) is 0 Å². The minimum atomic E-state index is -1.05. The average Bonchev–Trinajstić information content (AvgIpc) is 2.96. The highest BCUT2D eigenvalue weighted by Crippen LogP contribution is 2.57. The molecule has 0 N–H and O–H groups in total. The van der Waals surface area contributed by atoms with Gasteiger partial charge in [-0.2, -0.15) is 0 Å². The molecule has 2 bridgehead atoms. The van der Waals surface area contributed by atoms with E-state index in [0.29, 0.717) is 0 Å². The Bertz CT molecular complexity index is 444. The average molecular weight is 252 g/mol. The van der Waals surface area contributed by atoms with Crippen molar-refractivity contribution in [3.8, 4) is 0 Å². The number of carbonyl (C=O) groups is 1. The summed E-state index contributed by atoms with van der Waals surface area (Å²) in [7, 11) is -1.05. The van der Waals surface area contributed by atoms with Crippen LogP contribution < -0.4 is 0 Å². The van der Waals surface area contributed by atoms with E-state index in [-0.39, 0.29) is 29.2 Å². The summed E-state index contributed by atoms with van der Waals surface area (Å²) in [5.74, 6) is 0.225. The summed E-state index contributed by atoms with van der Waals surface area (Å²) in [4.78, 5) is 12.3. The van der Waals surface area contributed by atoms with Crippen molar-refractivity contribution in [2.24, 2.45) is 11.8 Å². The molecule has 4 aliphatic rings. The number of carbonyl (C=O) groups excluding carboxylic acids is 1. The predicted octanol–water partition coefficient (Wildman–Crippen LogP) is 1.55. The molecule has 3 nitrogen and oxygen atoms in total. The molecule has 6 atom stereocenters. The second-order valence-electron chi connectivity index (χ2n) is 5.69. The summed E-state index contributed by atoms with van der Waals surface area (Å²) in [6.45, 7) is 0. The Morgan fingerprint density at radius 3 is 2.88 bits per heavy atom. The van der Waals surface area contributed by atoms with Crippen LogP contribution in [0.25, 0.3) is 0 Å². The Morgan fingerprint density at radius 1 is 1.29 bits per heavy atom. The second-order valence-corrected chi connectivity index (χ2v) is 7.57. The summed E-state index contributed by atoms with van der Waals surface area (Å²) in [5.41, 5.74) is 0. The Kier molecular flexibility index (Phi) is 1.95. The first-order chi connectivity index (χ1) is 8.24. The Hall–Kier alpha value is -0.640. The maximum Gasteiger partial charge on any atom is 0.326 e. The molecule has 1 saturated carbocycles. The van der Waals surface area contributed by atoms with Crippen molar-refractivity contribution >= 4 is 16.8 Å². The number of ether oxygens (including phenoxy) is 1. The van der Waals surface area contributed by atoms with Crippen LogP contribution in [0.2, 0.25) is 0 Å². The first kappa shape index (κ1) is 10.3. The monoisotopic (exact) mass is 252 g/mol. The molecular weight excluding hydrogens is 236 g/mol. The molecule has 0 radical (unpaired) electrons. The van der Waals surface area contributed by atoms with Crippen LogP contribution in [0.4, 0.5) is 0 Å². The van der Waals surface area contributed by atoms with E-state index >= 15 is 0 Å². The molecule has 1 spiro atoms. The van der Waals surface area contributed by atoms with Gasteiger partial charge < -0.3 is 4.74 Å². The fourth-order valence-electron chi connectivity index (χ4n) is 4.31. The third-order valence-electron chi connectivity index (χ3n) is 5.03. The van der Waals surface area contributed by atoms with Crippen molar-refractivity contribution in [2.75, 3.05) is 0 Å². The van der Waals surface area contributed by atoms with Crippen LogP contribution in [0.3, 0.4) is 0 Å². The van der Waals surface area contributed by atoms with Gasteiger partial charge in [0, 0.05) is 22.6 Å². The summed E-state index contributed by atoms with van der Waals surface area (Å²) in [5, 5.41) is 0.105. The van der Waals surface area contributed by atoms with Crippen LogP contribution in [0.15, 0.2) is 12.2 Å². The Balaban J connectivity index is 1.84. The van der Waals surface area contributed by atoms with Gasteiger partial charge in [-0.3, -0.25) is 9.00 Å².